The molecule has 35 heavy (non-hydrogen) atoms. The predicted octanol–water partition coefficient (Wildman–Crippen LogP) is 5.24. The number of amides is 1. The summed E-state index contributed by atoms with van der Waals surface area (Å²) in [5.74, 6) is 2.60. The van der Waals surface area contributed by atoms with Crippen molar-refractivity contribution in [2.45, 2.75) is 78.7 Å². The highest BCUT2D eigenvalue weighted by Gasteiger charge is 2.59. The van der Waals surface area contributed by atoms with Gasteiger partial charge in [0.25, 0.3) is 5.91 Å². The number of fused-ring (bicyclic) bond motifs is 5. The molecule has 4 aliphatic rings. The molecule has 4 aliphatic carbocycles. The Hall–Kier alpha value is -2.50. The topological polar surface area (TPSA) is 80.6 Å². The number of hydrogen-bond donors (Lipinski definition) is 1. The minimum Gasteiger partial charge on any atom is -0.385 e. The highest BCUT2D eigenvalue weighted by molar-refractivity contribution is 5.96. The first-order valence-electron chi connectivity index (χ1n) is 13.4. The van der Waals surface area contributed by atoms with Crippen LogP contribution in [0.2, 0.25) is 0 Å². The second-order valence-corrected chi connectivity index (χ2v) is 11.7. The number of carbonyl (C=O) groups excluding carboxylic acids is 2. The molecule has 0 radical (unpaired) electrons. The van der Waals surface area contributed by atoms with Crippen molar-refractivity contribution < 1.29 is 14.4 Å². The van der Waals surface area contributed by atoms with E-state index in [0.717, 1.165) is 43.0 Å². The van der Waals surface area contributed by atoms with Crippen LogP contribution in [0.5, 0.6) is 0 Å². The van der Waals surface area contributed by atoms with Crippen molar-refractivity contribution in [1.82, 2.24) is 10.3 Å². The summed E-state index contributed by atoms with van der Waals surface area (Å²) < 4.78 is 0. The Morgan fingerprint density at radius 3 is 2.74 bits per heavy atom. The summed E-state index contributed by atoms with van der Waals surface area (Å²) in [4.78, 5) is 34.1. The van der Waals surface area contributed by atoms with Gasteiger partial charge in [0.2, 0.25) is 0 Å². The molecule has 0 unspecified atom stereocenters. The van der Waals surface area contributed by atoms with Crippen molar-refractivity contribution in [3.8, 4) is 0 Å². The lowest BCUT2D eigenvalue weighted by Gasteiger charge is -2.58. The lowest BCUT2D eigenvalue weighted by atomic mass is 9.46. The first kappa shape index (κ1) is 24.2. The highest BCUT2D eigenvalue weighted by Crippen LogP contribution is 2.66. The quantitative estimate of drug-likeness (QED) is 0.568. The fourth-order valence-electron chi connectivity index (χ4n) is 8.23. The van der Waals surface area contributed by atoms with E-state index in [9.17, 15) is 9.59 Å². The summed E-state index contributed by atoms with van der Waals surface area (Å²) in [6, 6.07) is 5.63. The number of oxime groups is 1. The highest BCUT2D eigenvalue weighted by atomic mass is 16.6. The molecule has 3 fully saturated rings. The number of Topliss-reactive ketones (excluding diaryl/α,β-unsaturated/α-hetero) is 1. The van der Waals surface area contributed by atoms with E-state index in [2.05, 4.69) is 35.4 Å². The Balaban J connectivity index is 1.20. The van der Waals surface area contributed by atoms with Gasteiger partial charge in [-0.2, -0.15) is 0 Å². The van der Waals surface area contributed by atoms with Crippen LogP contribution in [0.3, 0.4) is 0 Å². The molecule has 6 nitrogen and oxygen atoms in total. The number of nitrogens with one attached hydrogen (secondary N) is 1. The maximum atomic E-state index is 12.4. The average molecular weight is 478 g/mol. The molecular weight excluding hydrogens is 438 g/mol. The molecule has 0 aliphatic heterocycles. The number of hydrogen-bond acceptors (Lipinski definition) is 5. The molecule has 6 heteroatoms. The maximum Gasteiger partial charge on any atom is 0.261 e. The van der Waals surface area contributed by atoms with Gasteiger partial charge in [-0.3, -0.25) is 14.6 Å². The first-order chi connectivity index (χ1) is 16.8. The van der Waals surface area contributed by atoms with Crippen LogP contribution in [-0.4, -0.2) is 29.0 Å². The lowest BCUT2D eigenvalue weighted by molar-refractivity contribution is -0.128. The zero-order chi connectivity index (χ0) is 24.6. The number of ketones is 1. The van der Waals surface area contributed by atoms with E-state index >= 15 is 0 Å². The van der Waals surface area contributed by atoms with Crippen molar-refractivity contribution in [3.05, 3.63) is 41.7 Å². The largest absolute Gasteiger partial charge is 0.385 e. The summed E-state index contributed by atoms with van der Waals surface area (Å²) in [7, 11) is 0. The van der Waals surface area contributed by atoms with Gasteiger partial charge in [-0.15, -0.1) is 0 Å². The number of pyridine rings is 1. The average Bonchev–Trinajstić information content (AvgIpc) is 3.21. The standard InChI is InChI=1S/C29H39N3O3/c1-19(33)24-9-10-25-23-8-7-20-16-21(11-13-28(20,2)26(23)12-14-29(24,25)3)32-35-18-27(34)31-17-22-6-4-5-15-30-22/h4-6,15-16,23-26H,7-14,17-18H2,1-3H3,(H,31,34)/t23-,24+,25-,26-,28-,29+/m0/s1. The minimum atomic E-state index is -0.195. The van der Waals surface area contributed by atoms with Crippen LogP contribution >= 0.6 is 0 Å². The van der Waals surface area contributed by atoms with Crippen molar-refractivity contribution in [1.29, 1.82) is 0 Å². The molecule has 6 atom stereocenters. The van der Waals surface area contributed by atoms with Gasteiger partial charge < -0.3 is 10.2 Å². The second kappa shape index (κ2) is 9.51. The molecule has 0 saturated heterocycles. The molecule has 1 heterocycles. The molecule has 188 valence electrons. The Morgan fingerprint density at radius 2 is 1.97 bits per heavy atom. The van der Waals surface area contributed by atoms with Crippen molar-refractivity contribution in [2.24, 2.45) is 39.7 Å². The molecule has 1 aromatic rings. The van der Waals surface area contributed by atoms with Crippen molar-refractivity contribution >= 4 is 17.4 Å². The van der Waals surface area contributed by atoms with Gasteiger partial charge in [0, 0.05) is 12.1 Å². The third-order valence-corrected chi connectivity index (χ3v) is 10.0. The van der Waals surface area contributed by atoms with E-state index in [0.29, 0.717) is 24.2 Å². The fraction of sp³-hybridized carbons (Fsp3) is 0.655. The zero-order valence-electron chi connectivity index (χ0n) is 21.4. The van der Waals surface area contributed by atoms with Crippen LogP contribution in [0, 0.1) is 34.5 Å². The fourth-order valence-corrected chi connectivity index (χ4v) is 8.23. The zero-order valence-corrected chi connectivity index (χ0v) is 21.4. The van der Waals surface area contributed by atoms with Gasteiger partial charge in [-0.25, -0.2) is 0 Å². The van der Waals surface area contributed by atoms with Gasteiger partial charge in [0.15, 0.2) is 6.61 Å². The minimum absolute atomic E-state index is 0.0843. The van der Waals surface area contributed by atoms with E-state index in [1.807, 2.05) is 25.1 Å². The van der Waals surface area contributed by atoms with Crippen molar-refractivity contribution in [2.75, 3.05) is 6.61 Å². The third kappa shape index (κ3) is 4.45. The molecule has 0 spiro atoms. The van der Waals surface area contributed by atoms with E-state index in [4.69, 9.17) is 4.84 Å². The summed E-state index contributed by atoms with van der Waals surface area (Å²) in [6.45, 7) is 6.99. The van der Waals surface area contributed by atoms with Gasteiger partial charge >= 0.3 is 0 Å². The molecular formula is C29H39N3O3. The summed E-state index contributed by atoms with van der Waals surface area (Å²) in [6.07, 6.45) is 13.0. The summed E-state index contributed by atoms with van der Waals surface area (Å²) in [5.41, 5.74) is 3.70. The van der Waals surface area contributed by atoms with Gasteiger partial charge in [0.05, 0.1) is 18.0 Å². The van der Waals surface area contributed by atoms with E-state index in [1.165, 1.54) is 31.3 Å². The molecule has 5 rings (SSSR count). The Kier molecular flexibility index (Phi) is 6.58. The van der Waals surface area contributed by atoms with Gasteiger partial charge in [0.1, 0.15) is 5.78 Å². The molecule has 1 N–H and O–H groups in total. The summed E-state index contributed by atoms with van der Waals surface area (Å²) in [5, 5.41) is 7.14. The van der Waals surface area contributed by atoms with Gasteiger partial charge in [-0.05, 0) is 105 Å². The monoisotopic (exact) mass is 477 g/mol. The Labute approximate surface area is 209 Å². The van der Waals surface area contributed by atoms with E-state index < -0.39 is 0 Å². The lowest BCUT2D eigenvalue weighted by Crippen LogP contribution is -2.51. The first-order valence-corrected chi connectivity index (χ1v) is 13.4. The number of aromatic nitrogens is 1. The van der Waals surface area contributed by atoms with Crippen molar-refractivity contribution in [3.63, 3.8) is 0 Å². The number of allylic oxidation sites excluding steroid dienone is 2. The Bertz CT molecular complexity index is 1030. The number of carbonyl (C=O) groups is 2. The van der Waals surface area contributed by atoms with Gasteiger partial charge in [-0.1, -0.05) is 30.6 Å². The van der Waals surface area contributed by atoms with E-state index in [1.54, 1.807) is 6.20 Å². The Morgan fingerprint density at radius 1 is 1.11 bits per heavy atom. The number of nitrogens with zero attached hydrogens (tertiary/aromatic N) is 2. The van der Waals surface area contributed by atoms with Crippen LogP contribution in [0.25, 0.3) is 0 Å². The maximum absolute atomic E-state index is 12.4. The van der Waals surface area contributed by atoms with Crippen LogP contribution < -0.4 is 5.32 Å². The molecule has 3 saturated carbocycles. The molecule has 0 aromatic carbocycles. The molecule has 0 bridgehead atoms. The van der Waals surface area contributed by atoms with Crippen LogP contribution in [0.15, 0.2) is 41.2 Å². The SMILES string of the molecule is CC(=O)[C@H]1CC[C@H]2[C@@H]3CCC4=CC(=NOCC(=O)NCc5ccccn5)CC[C@]4(C)[C@H]3CC[C@]12C. The second-order valence-electron chi connectivity index (χ2n) is 11.7. The normalized spacial score (nSPS) is 37.0. The smallest absolute Gasteiger partial charge is 0.261 e. The van der Waals surface area contributed by atoms with Crippen LogP contribution in [0.1, 0.15) is 77.8 Å². The van der Waals surface area contributed by atoms with Crippen LogP contribution in [-0.2, 0) is 21.0 Å². The van der Waals surface area contributed by atoms with E-state index in [-0.39, 0.29) is 29.3 Å². The predicted molar refractivity (Wildman–Crippen MR) is 135 cm³/mol. The summed E-state index contributed by atoms with van der Waals surface area (Å²) >= 11 is 0. The number of rotatable bonds is 6. The third-order valence-electron chi connectivity index (χ3n) is 10.0. The molecule has 1 aromatic heterocycles. The molecule has 1 amide bonds. The van der Waals surface area contributed by atoms with Crippen LogP contribution in [0.4, 0.5) is 0 Å².